The van der Waals surface area contributed by atoms with E-state index in [4.69, 9.17) is 0 Å². The Labute approximate surface area is 107 Å². The Kier molecular flexibility index (Phi) is 6.45. The Morgan fingerprint density at radius 2 is 1.88 bits per heavy atom. The van der Waals surface area contributed by atoms with Gasteiger partial charge in [-0.05, 0) is 18.0 Å². The van der Waals surface area contributed by atoms with Crippen LogP contribution in [-0.2, 0) is 16.6 Å². The van der Waals surface area contributed by atoms with Gasteiger partial charge in [-0.2, -0.15) is 0 Å². The van der Waals surface area contributed by atoms with Gasteiger partial charge in [0.15, 0.2) is 0 Å². The highest BCUT2D eigenvalue weighted by atomic mass is 32.2. The van der Waals surface area contributed by atoms with Gasteiger partial charge < -0.3 is 5.32 Å². The Hall–Kier alpha value is -0.670. The summed E-state index contributed by atoms with van der Waals surface area (Å²) in [6.45, 7) is 7.38. The maximum atomic E-state index is 12.1. The summed E-state index contributed by atoms with van der Waals surface area (Å²) in [6, 6.07) is 10.4. The zero-order valence-corrected chi connectivity index (χ0v) is 11.8. The summed E-state index contributed by atoms with van der Waals surface area (Å²) in [5.41, 5.74) is 1.16. The van der Waals surface area contributed by atoms with E-state index >= 15 is 0 Å². The minimum atomic E-state index is -0.786. The fraction of sp³-hybridized carbons (Fsp3) is 0.571. The van der Waals surface area contributed by atoms with Crippen molar-refractivity contribution in [3.63, 3.8) is 0 Å². The first kappa shape index (κ1) is 14.4. The van der Waals surface area contributed by atoms with Gasteiger partial charge in [0.2, 0.25) is 0 Å². The van der Waals surface area contributed by atoms with Crippen LogP contribution in [0.1, 0.15) is 26.3 Å². The summed E-state index contributed by atoms with van der Waals surface area (Å²) in [5, 5.41) is 3.41. The van der Waals surface area contributed by atoms with Crippen molar-refractivity contribution in [2.24, 2.45) is 5.92 Å². The van der Waals surface area contributed by atoms with E-state index in [-0.39, 0.29) is 0 Å². The van der Waals surface area contributed by atoms with Crippen LogP contribution in [0.15, 0.2) is 30.3 Å². The molecule has 0 saturated heterocycles. The van der Waals surface area contributed by atoms with Gasteiger partial charge in [0.25, 0.3) is 0 Å². The molecule has 0 aromatic heterocycles. The number of hydrogen-bond donors (Lipinski definition) is 1. The lowest BCUT2D eigenvalue weighted by Crippen LogP contribution is -2.38. The monoisotopic (exact) mass is 253 g/mol. The lowest BCUT2D eigenvalue weighted by atomic mass is 10.1. The first-order valence-electron chi connectivity index (χ1n) is 6.25. The molecule has 2 atom stereocenters. The molecule has 2 nitrogen and oxygen atoms in total. The molecule has 0 fully saturated rings. The Bertz CT molecular complexity index is 337. The van der Waals surface area contributed by atoms with E-state index in [9.17, 15) is 4.21 Å². The van der Waals surface area contributed by atoms with E-state index < -0.39 is 10.8 Å². The van der Waals surface area contributed by atoms with Crippen LogP contribution in [0.5, 0.6) is 0 Å². The summed E-state index contributed by atoms with van der Waals surface area (Å²) >= 11 is 0. The smallest absolute Gasteiger partial charge is 0.0486 e. The molecule has 17 heavy (non-hydrogen) atoms. The van der Waals surface area contributed by atoms with Gasteiger partial charge >= 0.3 is 0 Å². The van der Waals surface area contributed by atoms with Gasteiger partial charge in [0.1, 0.15) is 0 Å². The van der Waals surface area contributed by atoms with Gasteiger partial charge in [-0.1, -0.05) is 51.1 Å². The molecule has 0 aliphatic heterocycles. The fourth-order valence-electron chi connectivity index (χ4n) is 1.77. The normalized spacial score (nSPS) is 14.8. The van der Waals surface area contributed by atoms with Crippen molar-refractivity contribution in [3.8, 4) is 0 Å². The number of hydrogen-bond acceptors (Lipinski definition) is 2. The number of nitrogens with one attached hydrogen (secondary N) is 1. The summed E-state index contributed by atoms with van der Waals surface area (Å²) in [4.78, 5) is 0. The number of benzene rings is 1. The second-order valence-corrected chi connectivity index (χ2v) is 6.15. The van der Waals surface area contributed by atoms with Crippen molar-refractivity contribution in [1.82, 2.24) is 5.32 Å². The minimum absolute atomic E-state index is 0.351. The molecule has 96 valence electrons. The molecule has 0 amide bonds. The third kappa shape index (κ3) is 5.46. The third-order valence-electron chi connectivity index (χ3n) is 2.81. The molecule has 0 heterocycles. The molecule has 1 aromatic carbocycles. The molecule has 1 N–H and O–H groups in total. The highest BCUT2D eigenvalue weighted by molar-refractivity contribution is 7.84. The lowest BCUT2D eigenvalue weighted by molar-refractivity contribution is 0.440. The zero-order chi connectivity index (χ0) is 12.7. The molecule has 3 heteroatoms. The first-order valence-corrected chi connectivity index (χ1v) is 7.74. The summed E-state index contributed by atoms with van der Waals surface area (Å²) < 4.78 is 12.1. The van der Waals surface area contributed by atoms with Crippen LogP contribution in [0.3, 0.4) is 0 Å². The summed E-state index contributed by atoms with van der Waals surface area (Å²) in [6.07, 6.45) is 0. The van der Waals surface area contributed by atoms with Gasteiger partial charge in [0, 0.05) is 28.3 Å². The zero-order valence-electron chi connectivity index (χ0n) is 11.0. The number of rotatable bonds is 7. The van der Waals surface area contributed by atoms with Gasteiger partial charge in [-0.15, -0.1) is 0 Å². The SMILES string of the molecule is CCNC(CS(=O)Cc1ccccc1)C(C)C. The van der Waals surface area contributed by atoms with Crippen molar-refractivity contribution < 1.29 is 4.21 Å². The molecule has 0 radical (unpaired) electrons. The summed E-state index contributed by atoms with van der Waals surface area (Å²) in [5.74, 6) is 1.92. The Balaban J connectivity index is 2.48. The topological polar surface area (TPSA) is 29.1 Å². The average Bonchev–Trinajstić information content (AvgIpc) is 2.29. The third-order valence-corrected chi connectivity index (χ3v) is 4.19. The van der Waals surface area contributed by atoms with Crippen LogP contribution >= 0.6 is 0 Å². The van der Waals surface area contributed by atoms with Crippen molar-refractivity contribution in [2.45, 2.75) is 32.6 Å². The molecule has 0 aliphatic rings. The molecule has 0 aliphatic carbocycles. The van der Waals surface area contributed by atoms with Crippen molar-refractivity contribution in [2.75, 3.05) is 12.3 Å². The van der Waals surface area contributed by atoms with Crippen LogP contribution in [0.2, 0.25) is 0 Å². The minimum Gasteiger partial charge on any atom is -0.313 e. The quantitative estimate of drug-likeness (QED) is 0.809. The van der Waals surface area contributed by atoms with E-state index in [1.165, 1.54) is 0 Å². The highest BCUT2D eigenvalue weighted by Crippen LogP contribution is 2.08. The highest BCUT2D eigenvalue weighted by Gasteiger charge is 2.15. The predicted molar refractivity (Wildman–Crippen MR) is 75.5 cm³/mol. The van der Waals surface area contributed by atoms with E-state index in [0.29, 0.717) is 17.7 Å². The first-order chi connectivity index (χ1) is 8.13. The maximum Gasteiger partial charge on any atom is 0.0486 e. The molecule has 0 saturated carbocycles. The van der Waals surface area contributed by atoms with Crippen LogP contribution in [0.25, 0.3) is 0 Å². The van der Waals surface area contributed by atoms with E-state index in [1.807, 2.05) is 30.3 Å². The molecule has 1 rings (SSSR count). The molecular formula is C14H23NOS. The largest absolute Gasteiger partial charge is 0.313 e. The van der Waals surface area contributed by atoms with E-state index in [0.717, 1.165) is 17.9 Å². The molecule has 0 spiro atoms. The molecule has 2 unspecified atom stereocenters. The van der Waals surface area contributed by atoms with E-state index in [1.54, 1.807) is 0 Å². The van der Waals surface area contributed by atoms with Crippen molar-refractivity contribution in [3.05, 3.63) is 35.9 Å². The van der Waals surface area contributed by atoms with E-state index in [2.05, 4.69) is 26.1 Å². The van der Waals surface area contributed by atoms with Gasteiger partial charge in [0.05, 0.1) is 0 Å². The second kappa shape index (κ2) is 7.62. The van der Waals surface area contributed by atoms with Crippen molar-refractivity contribution in [1.29, 1.82) is 0 Å². The Morgan fingerprint density at radius 3 is 2.41 bits per heavy atom. The molecule has 1 aromatic rings. The van der Waals surface area contributed by atoms with Crippen molar-refractivity contribution >= 4 is 10.8 Å². The van der Waals surface area contributed by atoms with Crippen LogP contribution in [0, 0.1) is 5.92 Å². The predicted octanol–water partition coefficient (Wildman–Crippen LogP) is 2.57. The van der Waals surface area contributed by atoms with Crippen LogP contribution in [-0.4, -0.2) is 22.5 Å². The van der Waals surface area contributed by atoms with Crippen LogP contribution < -0.4 is 5.32 Å². The summed E-state index contributed by atoms with van der Waals surface area (Å²) in [7, 11) is -0.786. The molecular weight excluding hydrogens is 230 g/mol. The maximum absolute atomic E-state index is 12.1. The fourth-order valence-corrected chi connectivity index (χ4v) is 3.35. The molecule has 0 bridgehead atoms. The van der Waals surface area contributed by atoms with Gasteiger partial charge in [-0.3, -0.25) is 4.21 Å². The van der Waals surface area contributed by atoms with Crippen LogP contribution in [0.4, 0.5) is 0 Å². The van der Waals surface area contributed by atoms with Gasteiger partial charge in [-0.25, -0.2) is 0 Å². The Morgan fingerprint density at radius 1 is 1.24 bits per heavy atom. The standard InChI is InChI=1S/C14H23NOS/c1-4-15-14(12(2)3)11-17(16)10-13-8-6-5-7-9-13/h5-9,12,14-15H,4,10-11H2,1-3H3. The second-order valence-electron chi connectivity index (χ2n) is 4.64. The average molecular weight is 253 g/mol. The lowest BCUT2D eigenvalue weighted by Gasteiger charge is -2.21.